The summed E-state index contributed by atoms with van der Waals surface area (Å²) in [6, 6.07) is 0. The first-order chi connectivity index (χ1) is 5.30. The first-order valence-corrected chi connectivity index (χ1v) is 3.65. The molecule has 0 saturated carbocycles. The number of ether oxygens (including phenoxy) is 1. The van der Waals surface area contributed by atoms with E-state index in [9.17, 15) is 15.0 Å². The number of carbonyl (C=O) groups excluding carboxylic acids is 1. The minimum atomic E-state index is -1.34. The Bertz CT molecular complexity index is 159. The van der Waals surface area contributed by atoms with E-state index in [0.717, 1.165) is 0 Å². The van der Waals surface area contributed by atoms with Gasteiger partial charge in [0.25, 0.3) is 0 Å². The van der Waals surface area contributed by atoms with Crippen LogP contribution in [-0.4, -0.2) is 34.1 Å². The van der Waals surface area contributed by atoms with Gasteiger partial charge in [0.05, 0.1) is 12.2 Å². The van der Waals surface area contributed by atoms with Crippen LogP contribution in [0.5, 0.6) is 0 Å². The summed E-state index contributed by atoms with van der Waals surface area (Å²) in [6.07, 6.45) is -2.98. The number of amides is 1. The standard InChI is InChI=1S/C7H15NO4/c1-4(9)7(3,5(2)10)12-6(8)11/h4-5,9-10H,1-3H3,(H2,8,11). The average Bonchev–Trinajstić information content (AvgIpc) is 1.84. The van der Waals surface area contributed by atoms with Gasteiger partial charge in [-0.15, -0.1) is 0 Å². The van der Waals surface area contributed by atoms with E-state index in [1.807, 2.05) is 0 Å². The molecule has 0 radical (unpaired) electrons. The highest BCUT2D eigenvalue weighted by molar-refractivity contribution is 5.65. The monoisotopic (exact) mass is 177 g/mol. The van der Waals surface area contributed by atoms with E-state index in [1.54, 1.807) is 0 Å². The van der Waals surface area contributed by atoms with E-state index in [0.29, 0.717) is 0 Å². The van der Waals surface area contributed by atoms with E-state index in [4.69, 9.17) is 5.73 Å². The summed E-state index contributed by atoms with van der Waals surface area (Å²) in [4.78, 5) is 10.4. The Morgan fingerprint density at radius 3 is 1.83 bits per heavy atom. The molecule has 0 heterocycles. The molecule has 0 fully saturated rings. The first kappa shape index (κ1) is 11.2. The molecule has 1 amide bonds. The minimum Gasteiger partial charge on any atom is -0.438 e. The van der Waals surface area contributed by atoms with Crippen LogP contribution in [0.25, 0.3) is 0 Å². The van der Waals surface area contributed by atoms with Crippen molar-refractivity contribution >= 4 is 6.09 Å². The van der Waals surface area contributed by atoms with Crippen molar-refractivity contribution in [3.8, 4) is 0 Å². The summed E-state index contributed by atoms with van der Waals surface area (Å²) < 4.78 is 4.60. The quantitative estimate of drug-likeness (QED) is 0.547. The SMILES string of the molecule is CC(O)C(C)(OC(N)=O)C(C)O. The zero-order valence-electron chi connectivity index (χ0n) is 7.44. The second-order valence-electron chi connectivity index (χ2n) is 2.96. The molecule has 0 aromatic carbocycles. The molecule has 72 valence electrons. The van der Waals surface area contributed by atoms with Gasteiger partial charge in [-0.3, -0.25) is 0 Å². The number of primary amides is 1. The Kier molecular flexibility index (Phi) is 3.48. The minimum absolute atomic E-state index is 0.981. The van der Waals surface area contributed by atoms with E-state index in [2.05, 4.69) is 4.74 Å². The molecule has 0 bridgehead atoms. The zero-order valence-corrected chi connectivity index (χ0v) is 7.44. The maximum Gasteiger partial charge on any atom is 0.405 e. The molecule has 0 aromatic rings. The van der Waals surface area contributed by atoms with E-state index in [-0.39, 0.29) is 0 Å². The molecule has 5 heteroatoms. The number of rotatable bonds is 3. The Morgan fingerprint density at radius 1 is 1.42 bits per heavy atom. The summed E-state index contributed by atoms with van der Waals surface area (Å²) in [7, 11) is 0. The van der Waals surface area contributed by atoms with Crippen LogP contribution in [0.1, 0.15) is 20.8 Å². The fraction of sp³-hybridized carbons (Fsp3) is 0.857. The van der Waals surface area contributed by atoms with Gasteiger partial charge in [0.15, 0.2) is 5.60 Å². The van der Waals surface area contributed by atoms with E-state index in [1.165, 1.54) is 20.8 Å². The van der Waals surface area contributed by atoms with Gasteiger partial charge in [-0.05, 0) is 20.8 Å². The van der Waals surface area contributed by atoms with Crippen LogP contribution in [0.4, 0.5) is 4.79 Å². The summed E-state index contributed by atoms with van der Waals surface area (Å²) in [5.41, 5.74) is 3.43. The van der Waals surface area contributed by atoms with Crippen LogP contribution < -0.4 is 5.73 Å². The Labute approximate surface area is 71.1 Å². The van der Waals surface area contributed by atoms with Crippen molar-refractivity contribution in [1.82, 2.24) is 0 Å². The third-order valence-electron chi connectivity index (χ3n) is 1.98. The van der Waals surface area contributed by atoms with Crippen LogP contribution >= 0.6 is 0 Å². The summed E-state index contributed by atoms with van der Waals surface area (Å²) in [5.74, 6) is 0. The van der Waals surface area contributed by atoms with E-state index >= 15 is 0 Å². The maximum absolute atomic E-state index is 10.4. The number of aliphatic hydroxyl groups excluding tert-OH is 2. The molecule has 2 atom stereocenters. The third-order valence-corrected chi connectivity index (χ3v) is 1.98. The second-order valence-corrected chi connectivity index (χ2v) is 2.96. The smallest absolute Gasteiger partial charge is 0.405 e. The fourth-order valence-corrected chi connectivity index (χ4v) is 0.736. The maximum atomic E-state index is 10.4. The van der Waals surface area contributed by atoms with Gasteiger partial charge in [-0.2, -0.15) is 0 Å². The first-order valence-electron chi connectivity index (χ1n) is 3.65. The fourth-order valence-electron chi connectivity index (χ4n) is 0.736. The van der Waals surface area contributed by atoms with Crippen LogP contribution in [0.15, 0.2) is 0 Å². The largest absolute Gasteiger partial charge is 0.438 e. The lowest BCUT2D eigenvalue weighted by Crippen LogP contribution is -2.51. The number of nitrogens with two attached hydrogens (primary N) is 1. The third kappa shape index (κ3) is 2.35. The number of aliphatic hydroxyl groups is 2. The molecule has 0 saturated heterocycles. The zero-order chi connectivity index (χ0) is 9.94. The van der Waals surface area contributed by atoms with Crippen molar-refractivity contribution in [3.63, 3.8) is 0 Å². The Morgan fingerprint density at radius 2 is 1.75 bits per heavy atom. The molecule has 5 nitrogen and oxygen atoms in total. The van der Waals surface area contributed by atoms with E-state index < -0.39 is 23.9 Å². The van der Waals surface area contributed by atoms with Crippen LogP contribution in [0, 0.1) is 0 Å². The normalized spacial score (nSPS) is 20.8. The molecule has 4 N–H and O–H groups in total. The topological polar surface area (TPSA) is 92.8 Å². The molecule has 0 aromatic heterocycles. The van der Waals surface area contributed by atoms with Crippen LogP contribution in [0.2, 0.25) is 0 Å². The second kappa shape index (κ2) is 3.73. The van der Waals surface area contributed by atoms with Gasteiger partial charge in [-0.1, -0.05) is 0 Å². The molecule has 12 heavy (non-hydrogen) atoms. The molecule has 2 unspecified atom stereocenters. The predicted octanol–water partition coefficient (Wildman–Crippen LogP) is -0.398. The van der Waals surface area contributed by atoms with Gasteiger partial charge in [0.2, 0.25) is 0 Å². The molecular weight excluding hydrogens is 162 g/mol. The summed E-state index contributed by atoms with van der Waals surface area (Å²) in [6.45, 7) is 4.23. The molecule has 0 spiro atoms. The summed E-state index contributed by atoms with van der Waals surface area (Å²) in [5, 5.41) is 18.4. The van der Waals surface area contributed by atoms with Gasteiger partial charge >= 0.3 is 6.09 Å². The van der Waals surface area contributed by atoms with Gasteiger partial charge in [0.1, 0.15) is 0 Å². The highest BCUT2D eigenvalue weighted by atomic mass is 16.6. The molecule has 0 aliphatic carbocycles. The van der Waals surface area contributed by atoms with Gasteiger partial charge < -0.3 is 20.7 Å². The molecule has 0 aliphatic rings. The molecule has 0 rings (SSSR count). The van der Waals surface area contributed by atoms with Crippen molar-refractivity contribution in [2.75, 3.05) is 0 Å². The lowest BCUT2D eigenvalue weighted by atomic mass is 9.94. The highest BCUT2D eigenvalue weighted by Crippen LogP contribution is 2.20. The summed E-state index contributed by atoms with van der Waals surface area (Å²) >= 11 is 0. The number of hydrogen-bond acceptors (Lipinski definition) is 4. The van der Waals surface area contributed by atoms with Crippen molar-refractivity contribution in [3.05, 3.63) is 0 Å². The van der Waals surface area contributed by atoms with Crippen molar-refractivity contribution in [2.45, 2.75) is 38.6 Å². The predicted molar refractivity (Wildman–Crippen MR) is 42.4 cm³/mol. The van der Waals surface area contributed by atoms with Crippen LogP contribution in [0.3, 0.4) is 0 Å². The highest BCUT2D eigenvalue weighted by Gasteiger charge is 2.38. The molecular formula is C7H15NO4. The van der Waals surface area contributed by atoms with Gasteiger partial charge in [-0.25, -0.2) is 4.79 Å². The van der Waals surface area contributed by atoms with Crippen molar-refractivity contribution in [1.29, 1.82) is 0 Å². The lowest BCUT2D eigenvalue weighted by Gasteiger charge is -2.33. The molecule has 0 aliphatic heterocycles. The van der Waals surface area contributed by atoms with Crippen molar-refractivity contribution in [2.24, 2.45) is 5.73 Å². The number of hydrogen-bond donors (Lipinski definition) is 3. The number of carbonyl (C=O) groups is 1. The van der Waals surface area contributed by atoms with Crippen LogP contribution in [-0.2, 0) is 4.74 Å². The Balaban J connectivity index is 4.51. The van der Waals surface area contributed by atoms with Crippen molar-refractivity contribution < 1.29 is 19.7 Å². The van der Waals surface area contributed by atoms with Gasteiger partial charge in [0, 0.05) is 0 Å². The average molecular weight is 177 g/mol. The lowest BCUT2D eigenvalue weighted by molar-refractivity contribution is -0.122. The Hall–Kier alpha value is -0.810.